The Morgan fingerprint density at radius 3 is 1.65 bits per heavy atom. The number of aryl methyl sites for hydroxylation is 5. The zero-order valence-corrected chi connectivity index (χ0v) is 18.4. The standard InChI is InChI=1S/C25H26N6/c1-13-9-20-21(10-14(13)2)29-24(28-20)26-18-6-7-19(17(5)8-18)27-25-30-22-11-15(3)16(4)12-23(22)31-25/h6-12H,1-5H3,(H2,26,28,29)(H2,27,30,31). The third-order valence-electron chi connectivity index (χ3n) is 5.94. The predicted molar refractivity (Wildman–Crippen MR) is 129 cm³/mol. The SMILES string of the molecule is Cc1cc2nc(Nc3ccc(Nc4nc5cc(C)c(C)cc5[nH]4)c(C)c3)[nH]c2cc1C. The van der Waals surface area contributed by atoms with Crippen molar-refractivity contribution in [3.63, 3.8) is 0 Å². The molecule has 31 heavy (non-hydrogen) atoms. The largest absolute Gasteiger partial charge is 0.326 e. The molecule has 5 rings (SSSR count). The van der Waals surface area contributed by atoms with Crippen LogP contribution in [0.2, 0.25) is 0 Å². The molecule has 2 aromatic heterocycles. The van der Waals surface area contributed by atoms with Crippen LogP contribution in [0.25, 0.3) is 22.1 Å². The molecule has 0 saturated heterocycles. The minimum atomic E-state index is 0.739. The van der Waals surface area contributed by atoms with E-state index in [4.69, 9.17) is 0 Å². The lowest BCUT2D eigenvalue weighted by atomic mass is 10.1. The number of hydrogen-bond donors (Lipinski definition) is 4. The fraction of sp³-hybridized carbons (Fsp3) is 0.200. The smallest absolute Gasteiger partial charge is 0.205 e. The summed E-state index contributed by atoms with van der Waals surface area (Å²) in [6.45, 7) is 10.5. The van der Waals surface area contributed by atoms with Gasteiger partial charge in [-0.1, -0.05) is 0 Å². The highest BCUT2D eigenvalue weighted by atomic mass is 15.1. The maximum Gasteiger partial charge on any atom is 0.205 e. The molecule has 3 aromatic carbocycles. The van der Waals surface area contributed by atoms with Crippen molar-refractivity contribution in [3.8, 4) is 0 Å². The number of anilines is 4. The summed E-state index contributed by atoms with van der Waals surface area (Å²) in [5, 5.41) is 6.79. The highest BCUT2D eigenvalue weighted by molar-refractivity contribution is 5.81. The van der Waals surface area contributed by atoms with Gasteiger partial charge in [0.05, 0.1) is 22.1 Å². The molecule has 0 spiro atoms. The van der Waals surface area contributed by atoms with Gasteiger partial charge in [-0.05, 0) is 105 Å². The van der Waals surface area contributed by atoms with E-state index in [-0.39, 0.29) is 0 Å². The van der Waals surface area contributed by atoms with Gasteiger partial charge in [-0.25, -0.2) is 9.97 Å². The maximum absolute atomic E-state index is 4.68. The number of fused-ring (bicyclic) bond motifs is 2. The molecule has 2 heterocycles. The average Bonchev–Trinajstić information content (AvgIpc) is 3.27. The molecule has 0 unspecified atom stereocenters. The molecule has 6 heteroatoms. The number of nitrogens with one attached hydrogen (secondary N) is 4. The van der Waals surface area contributed by atoms with E-state index in [2.05, 4.69) is 102 Å². The second-order valence-electron chi connectivity index (χ2n) is 8.36. The van der Waals surface area contributed by atoms with Crippen LogP contribution in [0.1, 0.15) is 27.8 Å². The van der Waals surface area contributed by atoms with Crippen molar-refractivity contribution < 1.29 is 0 Å². The molecule has 156 valence electrons. The summed E-state index contributed by atoms with van der Waals surface area (Å²) >= 11 is 0. The summed E-state index contributed by atoms with van der Waals surface area (Å²) in [7, 11) is 0. The van der Waals surface area contributed by atoms with Crippen LogP contribution in [0.5, 0.6) is 0 Å². The first-order valence-electron chi connectivity index (χ1n) is 10.4. The van der Waals surface area contributed by atoms with Crippen LogP contribution >= 0.6 is 0 Å². The van der Waals surface area contributed by atoms with Crippen LogP contribution < -0.4 is 10.6 Å². The third-order valence-corrected chi connectivity index (χ3v) is 5.94. The maximum atomic E-state index is 4.68. The van der Waals surface area contributed by atoms with Gasteiger partial charge in [-0.2, -0.15) is 0 Å². The Kier molecular flexibility index (Phi) is 4.43. The molecular formula is C25H26N6. The zero-order chi connectivity index (χ0) is 21.7. The number of nitrogens with zero attached hydrogens (tertiary/aromatic N) is 2. The van der Waals surface area contributed by atoms with E-state index in [1.165, 1.54) is 22.3 Å². The molecule has 0 aliphatic heterocycles. The third kappa shape index (κ3) is 3.61. The number of imidazole rings is 2. The van der Waals surface area contributed by atoms with Gasteiger partial charge in [-0.3, -0.25) is 0 Å². The van der Waals surface area contributed by atoms with Crippen molar-refractivity contribution >= 4 is 45.3 Å². The molecule has 6 nitrogen and oxygen atoms in total. The van der Waals surface area contributed by atoms with E-state index in [9.17, 15) is 0 Å². The van der Waals surface area contributed by atoms with E-state index < -0.39 is 0 Å². The minimum absolute atomic E-state index is 0.739. The minimum Gasteiger partial charge on any atom is -0.326 e. The van der Waals surface area contributed by atoms with Gasteiger partial charge < -0.3 is 20.6 Å². The van der Waals surface area contributed by atoms with Crippen molar-refractivity contribution in [2.75, 3.05) is 10.6 Å². The van der Waals surface area contributed by atoms with Crippen LogP contribution in [0.3, 0.4) is 0 Å². The molecule has 4 N–H and O–H groups in total. The topological polar surface area (TPSA) is 81.4 Å². The number of benzene rings is 3. The summed E-state index contributed by atoms with van der Waals surface area (Å²) in [4.78, 5) is 16.1. The number of hydrogen-bond acceptors (Lipinski definition) is 4. The van der Waals surface area contributed by atoms with Crippen LogP contribution in [-0.2, 0) is 0 Å². The van der Waals surface area contributed by atoms with Crippen molar-refractivity contribution in [1.82, 2.24) is 19.9 Å². The number of aromatic amines is 2. The summed E-state index contributed by atoms with van der Waals surface area (Å²) in [6.07, 6.45) is 0. The van der Waals surface area contributed by atoms with Gasteiger partial charge in [-0.15, -0.1) is 0 Å². The van der Waals surface area contributed by atoms with Gasteiger partial charge in [0.1, 0.15) is 0 Å². The highest BCUT2D eigenvalue weighted by Crippen LogP contribution is 2.27. The molecule has 0 radical (unpaired) electrons. The monoisotopic (exact) mass is 410 g/mol. The van der Waals surface area contributed by atoms with Crippen LogP contribution in [-0.4, -0.2) is 19.9 Å². The van der Waals surface area contributed by atoms with Crippen molar-refractivity contribution in [2.24, 2.45) is 0 Å². The first-order valence-corrected chi connectivity index (χ1v) is 10.4. The average molecular weight is 411 g/mol. The summed E-state index contributed by atoms with van der Waals surface area (Å²) in [6, 6.07) is 14.7. The first kappa shape index (κ1) is 19.2. The van der Waals surface area contributed by atoms with E-state index >= 15 is 0 Å². The Balaban J connectivity index is 1.37. The fourth-order valence-electron chi connectivity index (χ4n) is 3.80. The Morgan fingerprint density at radius 2 is 1.10 bits per heavy atom. The fourth-order valence-corrected chi connectivity index (χ4v) is 3.80. The number of rotatable bonds is 4. The van der Waals surface area contributed by atoms with Crippen LogP contribution in [0.4, 0.5) is 23.3 Å². The number of aromatic nitrogens is 4. The van der Waals surface area contributed by atoms with E-state index in [0.29, 0.717) is 0 Å². The van der Waals surface area contributed by atoms with Gasteiger partial charge >= 0.3 is 0 Å². The Hall–Kier alpha value is -3.80. The van der Waals surface area contributed by atoms with E-state index in [1.54, 1.807) is 0 Å². The lowest BCUT2D eigenvalue weighted by Crippen LogP contribution is -1.97. The molecule has 0 fully saturated rings. The molecule has 0 aliphatic carbocycles. The normalized spacial score (nSPS) is 11.4. The first-order chi connectivity index (χ1) is 14.9. The Bertz CT molecular complexity index is 1360. The summed E-state index contributed by atoms with van der Waals surface area (Å²) < 4.78 is 0. The zero-order valence-electron chi connectivity index (χ0n) is 18.4. The van der Waals surface area contributed by atoms with E-state index in [1.807, 2.05) is 6.07 Å². The molecule has 5 aromatic rings. The van der Waals surface area contributed by atoms with Gasteiger partial charge in [0.2, 0.25) is 11.9 Å². The molecule has 0 amide bonds. The van der Waals surface area contributed by atoms with Crippen LogP contribution in [0.15, 0.2) is 42.5 Å². The van der Waals surface area contributed by atoms with Crippen LogP contribution in [0, 0.1) is 34.6 Å². The summed E-state index contributed by atoms with van der Waals surface area (Å²) in [5.74, 6) is 1.48. The summed E-state index contributed by atoms with van der Waals surface area (Å²) in [5.41, 5.74) is 12.1. The van der Waals surface area contributed by atoms with Gasteiger partial charge in [0, 0.05) is 11.4 Å². The van der Waals surface area contributed by atoms with Gasteiger partial charge in [0.15, 0.2) is 0 Å². The van der Waals surface area contributed by atoms with Gasteiger partial charge in [0.25, 0.3) is 0 Å². The molecular weight excluding hydrogens is 384 g/mol. The number of H-pyrrole nitrogens is 2. The van der Waals surface area contributed by atoms with Crippen molar-refractivity contribution in [1.29, 1.82) is 0 Å². The molecule has 0 saturated carbocycles. The highest BCUT2D eigenvalue weighted by Gasteiger charge is 2.09. The Labute approximate surface area is 181 Å². The quantitative estimate of drug-likeness (QED) is 0.274. The van der Waals surface area contributed by atoms with Crippen molar-refractivity contribution in [3.05, 3.63) is 70.3 Å². The second-order valence-corrected chi connectivity index (χ2v) is 8.36. The lowest BCUT2D eigenvalue weighted by molar-refractivity contribution is 1.28. The second kappa shape index (κ2) is 7.16. The molecule has 0 aliphatic rings. The van der Waals surface area contributed by atoms with E-state index in [0.717, 1.165) is 50.9 Å². The van der Waals surface area contributed by atoms with Crippen molar-refractivity contribution in [2.45, 2.75) is 34.6 Å². The molecule has 0 bridgehead atoms. The Morgan fingerprint density at radius 1 is 0.581 bits per heavy atom. The predicted octanol–water partition coefficient (Wildman–Crippen LogP) is 6.47. The molecule has 0 atom stereocenters. The lowest BCUT2D eigenvalue weighted by Gasteiger charge is -2.10.